The number of benzene rings is 2. The highest BCUT2D eigenvalue weighted by molar-refractivity contribution is 5.63. The van der Waals surface area contributed by atoms with E-state index in [9.17, 15) is 0 Å². The molecule has 2 heteroatoms. The van der Waals surface area contributed by atoms with Crippen LogP contribution in [0.5, 0.6) is 0 Å². The highest BCUT2D eigenvalue weighted by Crippen LogP contribution is 2.21. The monoisotopic (exact) mass is 422 g/mol. The summed E-state index contributed by atoms with van der Waals surface area (Å²) in [6.45, 7) is 6.42. The maximum Gasteiger partial charge on any atom is 0.171 e. The molecule has 0 bridgehead atoms. The van der Waals surface area contributed by atoms with E-state index in [0.717, 1.165) is 38.8 Å². The largest absolute Gasteiger partial charge is 0.205 e. The number of nitrogens with zero attached hydrogens (tertiary/aromatic N) is 2. The van der Waals surface area contributed by atoms with Gasteiger partial charge in [-0.1, -0.05) is 48.5 Å². The molecule has 0 saturated carbocycles. The maximum absolute atomic E-state index is 2.28. The minimum Gasteiger partial charge on any atom is -0.205 e. The molecule has 0 aliphatic heterocycles. The minimum absolute atomic E-state index is 1.06. The van der Waals surface area contributed by atoms with E-state index in [0.29, 0.717) is 0 Å². The molecule has 0 fully saturated rings. The first-order valence-corrected chi connectivity index (χ1v) is 11.8. The molecule has 0 atom stereocenters. The molecular weight excluding hydrogens is 388 g/mol. The average molecular weight is 423 g/mol. The van der Waals surface area contributed by atoms with Gasteiger partial charge in [-0.3, -0.25) is 0 Å². The lowest BCUT2D eigenvalue weighted by molar-refractivity contribution is -0.697. The van der Waals surface area contributed by atoms with Crippen LogP contribution in [0, 0.1) is 13.8 Å². The number of pyridine rings is 2. The third-order valence-electron chi connectivity index (χ3n) is 6.02. The van der Waals surface area contributed by atoms with Crippen molar-refractivity contribution in [3.05, 3.63) is 120 Å². The van der Waals surface area contributed by atoms with Crippen molar-refractivity contribution in [3.63, 3.8) is 0 Å². The Morgan fingerprint density at radius 2 is 0.938 bits per heavy atom. The molecule has 0 aliphatic rings. The van der Waals surface area contributed by atoms with Crippen molar-refractivity contribution in [2.45, 2.75) is 52.6 Å². The molecular formula is C30H34N2+2. The van der Waals surface area contributed by atoms with E-state index >= 15 is 0 Å². The standard InChI is InChI=1S/C30H34N2/c1-25-7-3-19-31(23-25)21-5-9-27-11-15-29(16-12-27)30-17-13-28(14-18-30)10-6-22-32-20-4-8-26(2)24-32/h3-4,7-8,11-20,23-24H,5-6,9-10,21-22H2,1-2H3/q+2. The van der Waals surface area contributed by atoms with Crippen molar-refractivity contribution in [2.24, 2.45) is 0 Å². The Kier molecular flexibility index (Phi) is 7.45. The molecule has 2 aromatic heterocycles. The predicted molar refractivity (Wildman–Crippen MR) is 131 cm³/mol. The van der Waals surface area contributed by atoms with Gasteiger partial charge in [0, 0.05) is 36.1 Å². The van der Waals surface area contributed by atoms with Crippen LogP contribution >= 0.6 is 0 Å². The summed E-state index contributed by atoms with van der Waals surface area (Å²) in [5.74, 6) is 0. The fourth-order valence-corrected chi connectivity index (χ4v) is 4.24. The van der Waals surface area contributed by atoms with Crippen molar-refractivity contribution in [1.29, 1.82) is 0 Å². The zero-order chi connectivity index (χ0) is 22.2. The Labute approximate surface area is 192 Å². The second kappa shape index (κ2) is 10.9. The normalized spacial score (nSPS) is 10.9. The van der Waals surface area contributed by atoms with Gasteiger partial charge in [-0.2, -0.15) is 0 Å². The van der Waals surface area contributed by atoms with Gasteiger partial charge in [0.15, 0.2) is 24.8 Å². The Morgan fingerprint density at radius 3 is 1.31 bits per heavy atom. The van der Waals surface area contributed by atoms with Crippen molar-refractivity contribution < 1.29 is 9.13 Å². The molecule has 0 aliphatic carbocycles. The number of hydrogen-bond donors (Lipinski definition) is 0. The van der Waals surface area contributed by atoms with Crippen LogP contribution in [-0.4, -0.2) is 0 Å². The Balaban J connectivity index is 1.26. The molecule has 2 aromatic carbocycles. The molecule has 0 radical (unpaired) electrons. The fraction of sp³-hybridized carbons (Fsp3) is 0.267. The Morgan fingerprint density at radius 1 is 0.531 bits per heavy atom. The van der Waals surface area contributed by atoms with Gasteiger partial charge in [-0.25, -0.2) is 9.13 Å². The van der Waals surface area contributed by atoms with Gasteiger partial charge in [-0.05, 0) is 61.1 Å². The summed E-state index contributed by atoms with van der Waals surface area (Å²) in [7, 11) is 0. The van der Waals surface area contributed by atoms with Gasteiger partial charge in [0.05, 0.1) is 0 Å². The molecule has 0 N–H and O–H groups in total. The Bertz CT molecular complexity index is 1040. The van der Waals surface area contributed by atoms with Crippen molar-refractivity contribution >= 4 is 0 Å². The zero-order valence-corrected chi connectivity index (χ0v) is 19.4. The summed E-state index contributed by atoms with van der Waals surface area (Å²) in [6.07, 6.45) is 13.3. The second-order valence-corrected chi connectivity index (χ2v) is 8.84. The van der Waals surface area contributed by atoms with Crippen molar-refractivity contribution in [3.8, 4) is 11.1 Å². The van der Waals surface area contributed by atoms with Gasteiger partial charge in [0.2, 0.25) is 0 Å². The fourth-order valence-electron chi connectivity index (χ4n) is 4.24. The summed E-state index contributed by atoms with van der Waals surface area (Å²) in [5, 5.41) is 0. The van der Waals surface area contributed by atoms with E-state index in [2.05, 4.69) is 121 Å². The summed E-state index contributed by atoms with van der Waals surface area (Å²) in [6, 6.07) is 26.7. The average Bonchev–Trinajstić information content (AvgIpc) is 2.80. The highest BCUT2D eigenvalue weighted by atomic mass is 14.9. The zero-order valence-electron chi connectivity index (χ0n) is 19.4. The summed E-state index contributed by atoms with van der Waals surface area (Å²) in [4.78, 5) is 0. The number of aromatic nitrogens is 2. The van der Waals surface area contributed by atoms with Gasteiger partial charge in [0.25, 0.3) is 0 Å². The third-order valence-corrected chi connectivity index (χ3v) is 6.02. The summed E-state index contributed by atoms with van der Waals surface area (Å²) in [5.41, 5.74) is 8.04. The summed E-state index contributed by atoms with van der Waals surface area (Å²) >= 11 is 0. The van der Waals surface area contributed by atoms with Crippen LogP contribution in [0.2, 0.25) is 0 Å². The summed E-state index contributed by atoms with van der Waals surface area (Å²) < 4.78 is 4.57. The van der Waals surface area contributed by atoms with E-state index in [4.69, 9.17) is 0 Å². The second-order valence-electron chi connectivity index (χ2n) is 8.84. The minimum atomic E-state index is 1.06. The van der Waals surface area contributed by atoms with E-state index in [1.807, 2.05) is 0 Å². The molecule has 2 nitrogen and oxygen atoms in total. The van der Waals surface area contributed by atoms with Gasteiger partial charge >= 0.3 is 0 Å². The van der Waals surface area contributed by atoms with Crippen LogP contribution in [0.25, 0.3) is 11.1 Å². The van der Waals surface area contributed by atoms with Crippen molar-refractivity contribution in [2.75, 3.05) is 0 Å². The lowest BCUT2D eigenvalue weighted by atomic mass is 10.00. The molecule has 4 aromatic rings. The van der Waals surface area contributed by atoms with Gasteiger partial charge in [-0.15, -0.1) is 0 Å². The maximum atomic E-state index is 2.28. The molecule has 162 valence electrons. The molecule has 32 heavy (non-hydrogen) atoms. The quantitative estimate of drug-likeness (QED) is 0.301. The molecule has 4 rings (SSSR count). The van der Waals surface area contributed by atoms with Crippen LogP contribution < -0.4 is 9.13 Å². The van der Waals surface area contributed by atoms with E-state index in [-0.39, 0.29) is 0 Å². The molecule has 0 unspecified atom stereocenters. The predicted octanol–water partition coefficient (Wildman–Crippen LogP) is 5.81. The number of rotatable bonds is 9. The van der Waals surface area contributed by atoms with E-state index < -0.39 is 0 Å². The topological polar surface area (TPSA) is 7.76 Å². The van der Waals surface area contributed by atoms with Crippen molar-refractivity contribution in [1.82, 2.24) is 0 Å². The number of hydrogen-bond acceptors (Lipinski definition) is 0. The van der Waals surface area contributed by atoms with Crippen LogP contribution in [0.4, 0.5) is 0 Å². The van der Waals surface area contributed by atoms with Crippen LogP contribution in [0.15, 0.2) is 97.6 Å². The molecule has 0 amide bonds. The van der Waals surface area contributed by atoms with E-state index in [1.165, 1.54) is 33.4 Å². The molecule has 0 saturated heterocycles. The van der Waals surface area contributed by atoms with E-state index in [1.54, 1.807) is 0 Å². The molecule has 0 spiro atoms. The molecule has 2 heterocycles. The Hall–Kier alpha value is -3.26. The van der Waals surface area contributed by atoms with Gasteiger partial charge in [0.1, 0.15) is 13.1 Å². The first kappa shape index (κ1) is 22.0. The van der Waals surface area contributed by atoms with Gasteiger partial charge < -0.3 is 0 Å². The van der Waals surface area contributed by atoms with Crippen LogP contribution in [0.1, 0.15) is 35.1 Å². The first-order valence-electron chi connectivity index (χ1n) is 11.8. The number of aryl methyl sites for hydroxylation is 6. The van der Waals surface area contributed by atoms with Crippen LogP contribution in [0.3, 0.4) is 0 Å². The van der Waals surface area contributed by atoms with Crippen LogP contribution in [-0.2, 0) is 25.9 Å². The lowest BCUT2D eigenvalue weighted by Gasteiger charge is -2.06. The smallest absolute Gasteiger partial charge is 0.171 e. The first-order chi connectivity index (χ1) is 15.7. The SMILES string of the molecule is Cc1ccc[n+](CCCc2ccc(-c3ccc(CCC[n+]4cccc(C)c4)cc3)cc2)c1. The highest BCUT2D eigenvalue weighted by Gasteiger charge is 2.04. The third kappa shape index (κ3) is 6.37. The lowest BCUT2D eigenvalue weighted by Crippen LogP contribution is -2.33.